The molecule has 9 nitrogen and oxygen atoms in total. The Morgan fingerprint density at radius 1 is 0.868 bits per heavy atom. The van der Waals surface area contributed by atoms with Crippen LogP contribution in [-0.2, 0) is 16.6 Å². The van der Waals surface area contributed by atoms with Gasteiger partial charge in [0.15, 0.2) is 5.82 Å². The van der Waals surface area contributed by atoms with Gasteiger partial charge in [0, 0.05) is 80.2 Å². The third-order valence-corrected chi connectivity index (χ3v) is 7.96. The molecular formula is C29H33N7O2. The summed E-state index contributed by atoms with van der Waals surface area (Å²) in [5.41, 5.74) is 5.05. The van der Waals surface area contributed by atoms with Gasteiger partial charge in [0.05, 0.1) is 24.5 Å². The summed E-state index contributed by atoms with van der Waals surface area (Å²) < 4.78 is 9.28. The highest BCUT2D eigenvalue weighted by atomic mass is 16.5. The molecule has 0 N–H and O–H groups in total. The van der Waals surface area contributed by atoms with Gasteiger partial charge in [-0.25, -0.2) is 9.97 Å². The van der Waals surface area contributed by atoms with E-state index in [-0.39, 0.29) is 12.0 Å². The van der Waals surface area contributed by atoms with E-state index >= 15 is 0 Å². The van der Waals surface area contributed by atoms with E-state index in [9.17, 15) is 4.79 Å². The predicted octanol–water partition coefficient (Wildman–Crippen LogP) is 4.39. The summed E-state index contributed by atoms with van der Waals surface area (Å²) in [7, 11) is 3.64. The molecule has 1 atom stereocenters. The van der Waals surface area contributed by atoms with Crippen LogP contribution >= 0.6 is 0 Å². The average Bonchev–Trinajstić information content (AvgIpc) is 3.74. The normalized spacial score (nSPS) is 21.6. The lowest BCUT2D eigenvalue weighted by Gasteiger charge is -2.30. The molecule has 4 aromatic rings. The maximum atomic E-state index is 12.9. The zero-order chi connectivity index (χ0) is 26.1. The Morgan fingerprint density at radius 2 is 1.61 bits per heavy atom. The SMILES string of the molecule is CO[C@H]1CCN(C(=O)C2CCC(n3cc(-c4cnc(-c5cccc(-c6cnn(C)c6)c5)nc4)cn3)CC2)C1. The van der Waals surface area contributed by atoms with Crippen LogP contribution in [-0.4, -0.2) is 66.6 Å². The highest BCUT2D eigenvalue weighted by Gasteiger charge is 2.33. The summed E-state index contributed by atoms with van der Waals surface area (Å²) in [5, 5.41) is 8.92. The molecule has 0 bridgehead atoms. The number of amides is 1. The molecule has 0 spiro atoms. The van der Waals surface area contributed by atoms with Gasteiger partial charge in [-0.1, -0.05) is 18.2 Å². The Bertz CT molecular complexity index is 1400. The van der Waals surface area contributed by atoms with E-state index in [1.54, 1.807) is 11.8 Å². The van der Waals surface area contributed by atoms with Crippen LogP contribution in [0.15, 0.2) is 61.4 Å². The van der Waals surface area contributed by atoms with Crippen molar-refractivity contribution in [2.75, 3.05) is 20.2 Å². The van der Waals surface area contributed by atoms with Gasteiger partial charge in [-0.15, -0.1) is 0 Å². The highest BCUT2D eigenvalue weighted by molar-refractivity contribution is 5.79. The van der Waals surface area contributed by atoms with Gasteiger partial charge in [-0.05, 0) is 43.7 Å². The second kappa shape index (κ2) is 10.5. The Labute approximate surface area is 222 Å². The Kier molecular flexibility index (Phi) is 6.76. The molecule has 2 aliphatic rings. The number of likely N-dealkylation sites (tertiary alicyclic amines) is 1. The van der Waals surface area contributed by atoms with E-state index in [4.69, 9.17) is 4.74 Å². The van der Waals surface area contributed by atoms with Crippen LogP contribution < -0.4 is 0 Å². The second-order valence-corrected chi connectivity index (χ2v) is 10.4. The molecule has 2 fully saturated rings. The van der Waals surface area contributed by atoms with Crippen molar-refractivity contribution in [1.82, 2.24) is 34.4 Å². The first-order valence-corrected chi connectivity index (χ1v) is 13.3. The quantitative estimate of drug-likeness (QED) is 0.381. The lowest BCUT2D eigenvalue weighted by Crippen LogP contribution is -2.37. The van der Waals surface area contributed by atoms with Crippen LogP contribution in [0.4, 0.5) is 0 Å². The molecule has 1 saturated heterocycles. The van der Waals surface area contributed by atoms with Crippen molar-refractivity contribution in [2.24, 2.45) is 13.0 Å². The number of ether oxygens (including phenoxy) is 1. The fourth-order valence-corrected chi connectivity index (χ4v) is 5.69. The number of carbonyl (C=O) groups is 1. The van der Waals surface area contributed by atoms with Gasteiger partial charge in [0.2, 0.25) is 5.91 Å². The predicted molar refractivity (Wildman–Crippen MR) is 144 cm³/mol. The maximum absolute atomic E-state index is 12.9. The molecule has 38 heavy (non-hydrogen) atoms. The van der Waals surface area contributed by atoms with Crippen molar-refractivity contribution in [3.63, 3.8) is 0 Å². The molecule has 3 aromatic heterocycles. The van der Waals surface area contributed by atoms with Crippen molar-refractivity contribution in [2.45, 2.75) is 44.2 Å². The fraction of sp³-hybridized carbons (Fsp3) is 0.414. The summed E-state index contributed by atoms with van der Waals surface area (Å²) in [4.78, 5) is 24.2. The topological polar surface area (TPSA) is 91.0 Å². The first kappa shape index (κ1) is 24.5. The average molecular weight is 512 g/mol. The summed E-state index contributed by atoms with van der Waals surface area (Å²) >= 11 is 0. The monoisotopic (exact) mass is 511 g/mol. The van der Waals surface area contributed by atoms with Crippen molar-refractivity contribution < 1.29 is 9.53 Å². The Hall–Kier alpha value is -3.85. The lowest BCUT2D eigenvalue weighted by atomic mass is 9.85. The molecular weight excluding hydrogens is 478 g/mol. The van der Waals surface area contributed by atoms with Gasteiger partial charge in [-0.2, -0.15) is 10.2 Å². The van der Waals surface area contributed by atoms with E-state index in [2.05, 4.69) is 43.2 Å². The molecule has 1 aliphatic heterocycles. The number of carbonyl (C=O) groups excluding carboxylic acids is 1. The minimum atomic E-state index is 0.120. The van der Waals surface area contributed by atoms with Gasteiger partial charge in [-0.3, -0.25) is 14.2 Å². The first-order valence-electron chi connectivity index (χ1n) is 13.3. The van der Waals surface area contributed by atoms with Crippen LogP contribution in [0.2, 0.25) is 0 Å². The first-order chi connectivity index (χ1) is 18.6. The Balaban J connectivity index is 1.09. The number of aryl methyl sites for hydroxylation is 1. The molecule has 4 heterocycles. The van der Waals surface area contributed by atoms with Crippen molar-refractivity contribution in [1.29, 1.82) is 0 Å². The summed E-state index contributed by atoms with van der Waals surface area (Å²) in [6, 6.07) is 8.50. The number of benzene rings is 1. The molecule has 1 aliphatic carbocycles. The minimum absolute atomic E-state index is 0.120. The van der Waals surface area contributed by atoms with E-state index in [1.807, 2.05) is 55.1 Å². The third-order valence-electron chi connectivity index (χ3n) is 7.96. The molecule has 0 radical (unpaired) electrons. The lowest BCUT2D eigenvalue weighted by molar-refractivity contribution is -0.136. The van der Waals surface area contributed by atoms with E-state index < -0.39 is 0 Å². The van der Waals surface area contributed by atoms with Crippen molar-refractivity contribution in [3.8, 4) is 33.6 Å². The van der Waals surface area contributed by atoms with E-state index in [0.29, 0.717) is 17.8 Å². The number of hydrogen-bond acceptors (Lipinski definition) is 6. The van der Waals surface area contributed by atoms with Gasteiger partial charge < -0.3 is 9.64 Å². The van der Waals surface area contributed by atoms with Crippen molar-refractivity contribution in [3.05, 3.63) is 61.4 Å². The molecule has 196 valence electrons. The second-order valence-electron chi connectivity index (χ2n) is 10.4. The van der Waals surface area contributed by atoms with Gasteiger partial charge in [0.1, 0.15) is 0 Å². The third kappa shape index (κ3) is 4.98. The molecule has 1 saturated carbocycles. The standard InChI is InChI=1S/C29H33N7O2/c1-34-17-24(15-32-34)21-4-3-5-22(12-21)28-30-13-23(14-31-28)25-16-33-36(18-25)26-8-6-20(7-9-26)29(37)35-11-10-27(19-35)38-2/h3-5,12-18,20,26-27H,6-11,19H2,1-2H3/t20?,26?,27-/m0/s1. The molecule has 1 aromatic carbocycles. The molecule has 0 unspecified atom stereocenters. The van der Waals surface area contributed by atoms with Crippen LogP contribution in [0.5, 0.6) is 0 Å². The zero-order valence-electron chi connectivity index (χ0n) is 21.9. The van der Waals surface area contributed by atoms with Crippen LogP contribution in [0.25, 0.3) is 33.6 Å². The number of aromatic nitrogens is 6. The van der Waals surface area contributed by atoms with Crippen LogP contribution in [0.1, 0.15) is 38.1 Å². The molecule has 6 rings (SSSR count). The van der Waals surface area contributed by atoms with Crippen LogP contribution in [0.3, 0.4) is 0 Å². The molecule has 9 heteroatoms. The summed E-state index contributed by atoms with van der Waals surface area (Å²) in [6.07, 6.45) is 16.4. The number of rotatable bonds is 6. The van der Waals surface area contributed by atoms with Crippen LogP contribution in [0, 0.1) is 5.92 Å². The maximum Gasteiger partial charge on any atom is 0.225 e. The largest absolute Gasteiger partial charge is 0.380 e. The molecule has 1 amide bonds. The Morgan fingerprint density at radius 3 is 2.32 bits per heavy atom. The zero-order valence-corrected chi connectivity index (χ0v) is 21.9. The van der Waals surface area contributed by atoms with E-state index in [0.717, 1.165) is 73.0 Å². The highest BCUT2D eigenvalue weighted by Crippen LogP contribution is 2.34. The number of methoxy groups -OCH3 is 1. The van der Waals surface area contributed by atoms with Gasteiger partial charge in [0.25, 0.3) is 0 Å². The smallest absolute Gasteiger partial charge is 0.225 e. The van der Waals surface area contributed by atoms with Gasteiger partial charge >= 0.3 is 0 Å². The van der Waals surface area contributed by atoms with E-state index in [1.165, 1.54) is 0 Å². The minimum Gasteiger partial charge on any atom is -0.380 e. The fourth-order valence-electron chi connectivity index (χ4n) is 5.69. The number of hydrogen-bond donors (Lipinski definition) is 0. The summed E-state index contributed by atoms with van der Waals surface area (Å²) in [6.45, 7) is 1.55. The van der Waals surface area contributed by atoms with Crippen molar-refractivity contribution >= 4 is 5.91 Å². The summed E-state index contributed by atoms with van der Waals surface area (Å²) in [5.74, 6) is 1.10. The number of nitrogens with zero attached hydrogens (tertiary/aromatic N) is 7.